The number of hydrogen-bond donors (Lipinski definition) is 0. The monoisotopic (exact) mass is 289 g/mol. The molecule has 0 bridgehead atoms. The summed E-state index contributed by atoms with van der Waals surface area (Å²) in [4.78, 5) is 13.9. The summed E-state index contributed by atoms with van der Waals surface area (Å²) in [5.74, 6) is -0.117. The van der Waals surface area contributed by atoms with Crippen molar-refractivity contribution >= 4 is 29.1 Å². The van der Waals surface area contributed by atoms with Gasteiger partial charge in [-0.3, -0.25) is 9.69 Å². The van der Waals surface area contributed by atoms with Crippen molar-refractivity contribution in [3.05, 3.63) is 10.0 Å². The molecule has 0 amide bonds. The van der Waals surface area contributed by atoms with Gasteiger partial charge in [0.05, 0.1) is 12.5 Å². The van der Waals surface area contributed by atoms with Crippen molar-refractivity contribution in [2.24, 2.45) is 5.92 Å². The van der Waals surface area contributed by atoms with Crippen molar-refractivity contribution in [2.75, 3.05) is 19.7 Å². The Kier molecular flexibility index (Phi) is 4.91. The van der Waals surface area contributed by atoms with Gasteiger partial charge >= 0.3 is 5.97 Å². The highest BCUT2D eigenvalue weighted by Crippen LogP contribution is 2.23. The third-order valence-corrected chi connectivity index (χ3v) is 3.99. The van der Waals surface area contributed by atoms with Gasteiger partial charge in [0.25, 0.3) is 0 Å². The topological polar surface area (TPSA) is 55.3 Å². The van der Waals surface area contributed by atoms with Gasteiger partial charge in [-0.1, -0.05) is 16.1 Å². The molecule has 0 saturated carbocycles. The largest absolute Gasteiger partial charge is 0.466 e. The highest BCUT2D eigenvalue weighted by molar-refractivity contribution is 7.10. The summed E-state index contributed by atoms with van der Waals surface area (Å²) in [5, 5.41) is 3.99. The van der Waals surface area contributed by atoms with Crippen molar-refractivity contribution in [2.45, 2.75) is 26.3 Å². The third-order valence-electron chi connectivity index (χ3n) is 3.01. The predicted octanol–water partition coefficient (Wildman–Crippen LogP) is 1.97. The van der Waals surface area contributed by atoms with Crippen molar-refractivity contribution in [1.82, 2.24) is 14.5 Å². The fraction of sp³-hybridized carbons (Fsp3) is 0.727. The zero-order valence-corrected chi connectivity index (χ0v) is 11.8. The van der Waals surface area contributed by atoms with E-state index in [1.54, 1.807) is 0 Å². The van der Waals surface area contributed by atoms with Crippen LogP contribution in [0.2, 0.25) is 4.34 Å². The minimum Gasteiger partial charge on any atom is -0.466 e. The lowest BCUT2D eigenvalue weighted by atomic mass is 9.98. The van der Waals surface area contributed by atoms with Crippen LogP contribution in [0.3, 0.4) is 0 Å². The summed E-state index contributed by atoms with van der Waals surface area (Å²) in [6, 6.07) is 0. The first-order chi connectivity index (χ1) is 8.70. The summed E-state index contributed by atoms with van der Waals surface area (Å²) in [6.07, 6.45) is 1.90. The normalized spacial score (nSPS) is 20.9. The van der Waals surface area contributed by atoms with Gasteiger partial charge in [0.1, 0.15) is 10.0 Å². The van der Waals surface area contributed by atoms with Crippen LogP contribution in [-0.4, -0.2) is 40.2 Å². The second kappa shape index (κ2) is 6.45. The Labute approximate surface area is 115 Å². The van der Waals surface area contributed by atoms with Crippen molar-refractivity contribution in [1.29, 1.82) is 0 Å². The van der Waals surface area contributed by atoms with Gasteiger partial charge in [-0.05, 0) is 26.3 Å². The minimum atomic E-state index is -0.0929. The average molecular weight is 290 g/mol. The Hall–Kier alpha value is -0.720. The molecule has 0 aliphatic carbocycles. The van der Waals surface area contributed by atoms with Gasteiger partial charge in [0, 0.05) is 24.6 Å². The predicted molar refractivity (Wildman–Crippen MR) is 69.6 cm³/mol. The smallest absolute Gasteiger partial charge is 0.310 e. The molecular formula is C11H16ClN3O2S. The quantitative estimate of drug-likeness (QED) is 0.793. The van der Waals surface area contributed by atoms with Crippen molar-refractivity contribution < 1.29 is 9.53 Å². The van der Waals surface area contributed by atoms with Gasteiger partial charge in [-0.15, -0.1) is 5.10 Å². The molecule has 0 unspecified atom stereocenters. The van der Waals surface area contributed by atoms with E-state index < -0.39 is 0 Å². The van der Waals surface area contributed by atoms with E-state index in [9.17, 15) is 4.79 Å². The van der Waals surface area contributed by atoms with E-state index in [0.29, 0.717) is 24.0 Å². The zero-order valence-electron chi connectivity index (χ0n) is 10.3. The summed E-state index contributed by atoms with van der Waals surface area (Å²) in [7, 11) is 0. The van der Waals surface area contributed by atoms with Crippen LogP contribution in [0.1, 0.15) is 25.5 Å². The number of hydrogen-bond acceptors (Lipinski definition) is 6. The molecule has 1 aliphatic heterocycles. The van der Waals surface area contributed by atoms with E-state index >= 15 is 0 Å². The van der Waals surface area contributed by atoms with Gasteiger partial charge < -0.3 is 4.74 Å². The van der Waals surface area contributed by atoms with Gasteiger partial charge in [-0.2, -0.15) is 0 Å². The lowest BCUT2D eigenvalue weighted by molar-refractivity contribution is -0.150. The average Bonchev–Trinajstić information content (AvgIpc) is 2.76. The van der Waals surface area contributed by atoms with Gasteiger partial charge in [0.15, 0.2) is 0 Å². The molecule has 18 heavy (non-hydrogen) atoms. The molecule has 1 aliphatic rings. The van der Waals surface area contributed by atoms with Gasteiger partial charge in [0.2, 0.25) is 0 Å². The summed E-state index contributed by atoms with van der Waals surface area (Å²) in [5.41, 5.74) is 0.797. The molecule has 0 radical (unpaired) electrons. The fourth-order valence-electron chi connectivity index (χ4n) is 2.15. The lowest BCUT2D eigenvalue weighted by Crippen LogP contribution is -2.39. The third kappa shape index (κ3) is 3.40. The maximum atomic E-state index is 11.7. The summed E-state index contributed by atoms with van der Waals surface area (Å²) < 4.78 is 9.52. The number of nitrogens with zero attached hydrogens (tertiary/aromatic N) is 3. The van der Waals surface area contributed by atoms with Crippen LogP contribution in [0.5, 0.6) is 0 Å². The highest BCUT2D eigenvalue weighted by Gasteiger charge is 2.27. The molecule has 0 N–H and O–H groups in total. The van der Waals surface area contributed by atoms with Crippen LogP contribution in [0.4, 0.5) is 0 Å². The van der Waals surface area contributed by atoms with Crippen LogP contribution in [0, 0.1) is 5.92 Å². The van der Waals surface area contributed by atoms with Crippen LogP contribution in [0.25, 0.3) is 0 Å². The van der Waals surface area contributed by atoms with Crippen LogP contribution in [0.15, 0.2) is 0 Å². The second-order valence-electron chi connectivity index (χ2n) is 4.32. The van der Waals surface area contributed by atoms with Crippen LogP contribution < -0.4 is 0 Å². The Balaban J connectivity index is 1.91. The molecule has 1 aromatic heterocycles. The highest BCUT2D eigenvalue weighted by atomic mass is 35.5. The first kappa shape index (κ1) is 13.7. The van der Waals surface area contributed by atoms with E-state index in [2.05, 4.69) is 14.5 Å². The maximum Gasteiger partial charge on any atom is 0.310 e. The van der Waals surface area contributed by atoms with E-state index in [4.69, 9.17) is 16.3 Å². The molecule has 1 atom stereocenters. The number of rotatable bonds is 4. The molecule has 0 aromatic carbocycles. The van der Waals surface area contributed by atoms with Gasteiger partial charge in [-0.25, -0.2) is 0 Å². The van der Waals surface area contributed by atoms with E-state index in [-0.39, 0.29) is 11.9 Å². The fourth-order valence-corrected chi connectivity index (χ4v) is 2.77. The molecule has 7 heteroatoms. The SMILES string of the molecule is CCOC(=O)[C@@H]1CCCN(Cc2nnsc2Cl)C1. The number of likely N-dealkylation sites (tertiary alicyclic amines) is 1. The molecule has 1 aromatic rings. The van der Waals surface area contributed by atoms with E-state index in [1.807, 2.05) is 6.92 Å². The molecule has 100 valence electrons. The number of carbonyl (C=O) groups excluding carboxylic acids is 1. The standard InChI is InChI=1S/C11H16ClN3O2S/c1-2-17-11(16)8-4-3-5-15(6-8)7-9-10(12)18-14-13-9/h8H,2-7H2,1H3/t8-/m1/s1. The summed E-state index contributed by atoms with van der Waals surface area (Å²) >= 11 is 7.18. The molecule has 5 nitrogen and oxygen atoms in total. The lowest BCUT2D eigenvalue weighted by Gasteiger charge is -2.30. The van der Waals surface area contributed by atoms with Crippen molar-refractivity contribution in [3.63, 3.8) is 0 Å². The Morgan fingerprint density at radius 1 is 1.67 bits per heavy atom. The number of aromatic nitrogens is 2. The molecule has 1 saturated heterocycles. The molecule has 1 fully saturated rings. The second-order valence-corrected chi connectivity index (χ2v) is 5.68. The summed E-state index contributed by atoms with van der Waals surface area (Å²) in [6.45, 7) is 4.61. The van der Waals surface area contributed by atoms with Crippen LogP contribution in [-0.2, 0) is 16.1 Å². The number of halogens is 1. The van der Waals surface area contributed by atoms with E-state index in [0.717, 1.165) is 25.1 Å². The molecule has 2 rings (SSSR count). The Bertz CT molecular complexity index is 413. The zero-order chi connectivity index (χ0) is 13.0. The first-order valence-electron chi connectivity index (χ1n) is 6.06. The first-order valence-corrected chi connectivity index (χ1v) is 7.21. The van der Waals surface area contributed by atoms with E-state index in [1.165, 1.54) is 11.5 Å². The molecule has 0 spiro atoms. The Morgan fingerprint density at radius 2 is 2.50 bits per heavy atom. The Morgan fingerprint density at radius 3 is 3.17 bits per heavy atom. The number of ether oxygens (including phenoxy) is 1. The number of piperidine rings is 1. The van der Waals surface area contributed by atoms with Crippen LogP contribution >= 0.6 is 23.1 Å². The van der Waals surface area contributed by atoms with Crippen molar-refractivity contribution in [3.8, 4) is 0 Å². The minimum absolute atomic E-state index is 0.0240. The maximum absolute atomic E-state index is 11.7. The molecule has 2 heterocycles. The number of esters is 1. The molecular weight excluding hydrogens is 274 g/mol. The number of carbonyl (C=O) groups is 1.